The van der Waals surface area contributed by atoms with Gasteiger partial charge < -0.3 is 14.9 Å². The van der Waals surface area contributed by atoms with Gasteiger partial charge in [-0.3, -0.25) is 4.79 Å². The molecule has 1 saturated heterocycles. The highest BCUT2D eigenvalue weighted by Gasteiger charge is 2.38. The fraction of sp³-hybridized carbons (Fsp3) is 0.421. The number of benzene rings is 2. The van der Waals surface area contributed by atoms with Crippen LogP contribution in [-0.2, 0) is 15.0 Å². The van der Waals surface area contributed by atoms with E-state index in [2.05, 4.69) is 0 Å². The van der Waals surface area contributed by atoms with Crippen molar-refractivity contribution in [2.45, 2.75) is 32.1 Å². The summed E-state index contributed by atoms with van der Waals surface area (Å²) in [5.41, 5.74) is -0.626. The van der Waals surface area contributed by atoms with E-state index in [1.165, 1.54) is 25.0 Å². The van der Waals surface area contributed by atoms with Crippen LogP contribution < -0.4 is 13.8 Å². The fourth-order valence-corrected chi connectivity index (χ4v) is 5.15. The number of phenols is 2. The third kappa shape index (κ3) is 3.64. The summed E-state index contributed by atoms with van der Waals surface area (Å²) in [6.07, 6.45) is 5.56. The Morgan fingerprint density at radius 3 is 2.52 bits per heavy atom. The Hall–Kier alpha value is -2.75. The summed E-state index contributed by atoms with van der Waals surface area (Å²) in [7, 11) is -4.29. The number of nitrogens with one attached hydrogen (secondary N) is 1. The number of amides is 1. The molecule has 2 aromatic rings. The summed E-state index contributed by atoms with van der Waals surface area (Å²) < 4.78 is 47.1. The second kappa shape index (κ2) is 7.25. The van der Waals surface area contributed by atoms with Crippen molar-refractivity contribution in [2.75, 3.05) is 17.5 Å². The van der Waals surface area contributed by atoms with E-state index in [4.69, 9.17) is 4.74 Å². The van der Waals surface area contributed by atoms with Gasteiger partial charge in [-0.2, -0.15) is 8.42 Å². The molecule has 8 nitrogen and oxygen atoms in total. The van der Waals surface area contributed by atoms with Gasteiger partial charge in [-0.15, -0.1) is 0 Å². The van der Waals surface area contributed by atoms with Gasteiger partial charge in [0.2, 0.25) is 0 Å². The molecular formula is C19H21FN2O6S. The zero-order valence-electron chi connectivity index (χ0n) is 15.5. The summed E-state index contributed by atoms with van der Waals surface area (Å²) >= 11 is 0. The predicted molar refractivity (Wildman–Crippen MR) is 104 cm³/mol. The summed E-state index contributed by atoms with van der Waals surface area (Å²) in [5, 5.41) is 20.5. The first-order valence-electron chi connectivity index (χ1n) is 9.40. The van der Waals surface area contributed by atoms with Gasteiger partial charge in [0.25, 0.3) is 5.91 Å². The predicted octanol–water partition coefficient (Wildman–Crippen LogP) is 2.53. The number of fused-ring (bicyclic) bond motifs is 1. The number of phenolic OH excluding ortho intramolecular Hbond substituents is 2. The average molecular weight is 424 g/mol. The molecule has 0 radical (unpaired) electrons. The van der Waals surface area contributed by atoms with Crippen molar-refractivity contribution in [3.63, 3.8) is 0 Å². The van der Waals surface area contributed by atoms with E-state index in [1.807, 2.05) is 0 Å². The van der Waals surface area contributed by atoms with E-state index >= 15 is 4.39 Å². The van der Waals surface area contributed by atoms with Crippen LogP contribution in [0.25, 0.3) is 10.8 Å². The van der Waals surface area contributed by atoms with E-state index < -0.39 is 39.9 Å². The van der Waals surface area contributed by atoms with Gasteiger partial charge in [0.05, 0.1) is 6.61 Å². The Morgan fingerprint density at radius 2 is 1.86 bits per heavy atom. The van der Waals surface area contributed by atoms with Crippen LogP contribution in [0, 0.1) is 11.7 Å². The lowest BCUT2D eigenvalue weighted by atomic mass is 10.1. The number of hydrogen-bond donors (Lipinski definition) is 3. The number of anilines is 1. The number of nitrogens with zero attached hydrogens (tertiary/aromatic N) is 1. The smallest absolute Gasteiger partial charge is 0.326 e. The Morgan fingerprint density at radius 1 is 1.17 bits per heavy atom. The zero-order chi connectivity index (χ0) is 20.8. The van der Waals surface area contributed by atoms with Gasteiger partial charge in [-0.1, -0.05) is 25.7 Å². The topological polar surface area (TPSA) is 116 Å². The molecule has 0 bridgehead atoms. The summed E-state index contributed by atoms with van der Waals surface area (Å²) in [4.78, 5) is 11.5. The molecule has 1 saturated carbocycles. The number of hydrogen-bond acceptors (Lipinski definition) is 6. The number of aromatic hydroxyl groups is 2. The Balaban J connectivity index is 1.68. The Bertz CT molecular complexity index is 1080. The van der Waals surface area contributed by atoms with Crippen LogP contribution in [0.15, 0.2) is 18.2 Å². The van der Waals surface area contributed by atoms with Gasteiger partial charge in [0.1, 0.15) is 18.0 Å². The van der Waals surface area contributed by atoms with Crippen LogP contribution in [0.5, 0.6) is 17.2 Å². The van der Waals surface area contributed by atoms with Crippen LogP contribution in [0.3, 0.4) is 0 Å². The van der Waals surface area contributed by atoms with Gasteiger partial charge in [-0.25, -0.2) is 13.4 Å². The van der Waals surface area contributed by atoms with Crippen molar-refractivity contribution in [3.8, 4) is 17.2 Å². The molecule has 2 aliphatic rings. The first-order valence-corrected chi connectivity index (χ1v) is 10.8. The summed E-state index contributed by atoms with van der Waals surface area (Å²) in [5.74, 6) is -2.07. The highest BCUT2D eigenvalue weighted by Crippen LogP contribution is 2.42. The van der Waals surface area contributed by atoms with Crippen LogP contribution >= 0.6 is 0 Å². The van der Waals surface area contributed by atoms with Crippen molar-refractivity contribution in [1.82, 2.24) is 4.72 Å². The molecule has 1 aliphatic carbocycles. The second-order valence-corrected chi connectivity index (χ2v) is 9.02. The lowest BCUT2D eigenvalue weighted by Crippen LogP contribution is -2.30. The maximum atomic E-state index is 15.2. The highest BCUT2D eigenvalue weighted by molar-refractivity contribution is 7.92. The minimum Gasteiger partial charge on any atom is -0.506 e. The van der Waals surface area contributed by atoms with Crippen molar-refractivity contribution < 1.29 is 32.6 Å². The molecule has 1 amide bonds. The minimum absolute atomic E-state index is 0.0407. The second-order valence-electron chi connectivity index (χ2n) is 7.42. The molecule has 29 heavy (non-hydrogen) atoms. The van der Waals surface area contributed by atoms with E-state index in [1.54, 1.807) is 4.72 Å². The third-order valence-electron chi connectivity index (χ3n) is 5.44. The molecule has 10 heteroatoms. The first kappa shape index (κ1) is 19.6. The van der Waals surface area contributed by atoms with Gasteiger partial charge in [0, 0.05) is 5.39 Å². The monoisotopic (exact) mass is 424 g/mol. The van der Waals surface area contributed by atoms with Crippen molar-refractivity contribution in [1.29, 1.82) is 0 Å². The molecule has 156 valence electrons. The van der Waals surface area contributed by atoms with E-state index in [0.29, 0.717) is 16.8 Å². The summed E-state index contributed by atoms with van der Waals surface area (Å²) in [6.45, 7) is -0.267. The Kier molecular flexibility index (Phi) is 4.89. The first-order chi connectivity index (χ1) is 13.8. The lowest BCUT2D eigenvalue weighted by molar-refractivity contribution is -0.117. The molecule has 2 fully saturated rings. The molecular weight excluding hydrogens is 403 g/mol. The quantitative estimate of drug-likeness (QED) is 0.679. The average Bonchev–Trinajstić information content (AvgIpc) is 3.23. The standard InChI is InChI=1S/C19H21FN2O6S/c20-18-13-9-16(28-6-5-11-3-1-2-4-11)14(23)7-12(13)8-15(24)19(18)22-10-17(25)21-29(22,26)27/h7-9,11,23-24H,1-6,10H2,(H,21,25). The molecule has 1 aliphatic heterocycles. The number of carbonyl (C=O) groups excluding carboxylic acids is 1. The van der Waals surface area contributed by atoms with E-state index in [-0.39, 0.29) is 22.3 Å². The minimum atomic E-state index is -4.29. The van der Waals surface area contributed by atoms with E-state index in [9.17, 15) is 23.4 Å². The molecule has 3 N–H and O–H groups in total. The molecule has 0 atom stereocenters. The van der Waals surface area contributed by atoms with Crippen LogP contribution in [-0.4, -0.2) is 37.7 Å². The van der Waals surface area contributed by atoms with Crippen LogP contribution in [0.2, 0.25) is 0 Å². The maximum Gasteiger partial charge on any atom is 0.326 e. The van der Waals surface area contributed by atoms with Crippen molar-refractivity contribution in [3.05, 3.63) is 24.0 Å². The SMILES string of the molecule is O=C1CN(c2c(O)cc3cc(O)c(OCCC4CCCC4)cc3c2F)S(=O)(=O)N1. The van der Waals surface area contributed by atoms with Gasteiger partial charge >= 0.3 is 10.2 Å². The molecule has 2 aromatic carbocycles. The van der Waals surface area contributed by atoms with Crippen LogP contribution in [0.4, 0.5) is 10.1 Å². The molecule has 0 spiro atoms. The Labute approximate surface area is 167 Å². The lowest BCUT2D eigenvalue weighted by Gasteiger charge is -2.19. The number of rotatable bonds is 5. The normalized spacial score (nSPS) is 19.1. The molecule has 0 unspecified atom stereocenters. The van der Waals surface area contributed by atoms with Crippen molar-refractivity contribution in [2.24, 2.45) is 5.92 Å². The number of halogens is 1. The molecule has 4 rings (SSSR count). The third-order valence-corrected chi connectivity index (χ3v) is 6.82. The highest BCUT2D eigenvalue weighted by atomic mass is 32.2. The van der Waals surface area contributed by atoms with Gasteiger partial charge in [0.15, 0.2) is 17.3 Å². The fourth-order valence-electron chi connectivity index (χ4n) is 3.98. The largest absolute Gasteiger partial charge is 0.506 e. The van der Waals surface area contributed by atoms with E-state index in [0.717, 1.165) is 25.3 Å². The molecule has 0 aromatic heterocycles. The number of ether oxygens (including phenoxy) is 1. The maximum absolute atomic E-state index is 15.2. The summed E-state index contributed by atoms with van der Waals surface area (Å²) in [6, 6.07) is 3.65. The van der Waals surface area contributed by atoms with Crippen LogP contribution in [0.1, 0.15) is 32.1 Å². The number of carbonyl (C=O) groups is 1. The zero-order valence-corrected chi connectivity index (χ0v) is 16.3. The van der Waals surface area contributed by atoms with Crippen molar-refractivity contribution >= 4 is 32.6 Å². The van der Waals surface area contributed by atoms with Gasteiger partial charge in [-0.05, 0) is 35.9 Å². The molecule has 1 heterocycles.